The minimum Gasteiger partial charge on any atom is -1.00 e. The summed E-state index contributed by atoms with van der Waals surface area (Å²) in [5.41, 5.74) is 1.60. The van der Waals surface area contributed by atoms with Gasteiger partial charge in [-0.05, 0) is 24.3 Å². The van der Waals surface area contributed by atoms with Gasteiger partial charge in [-0.2, -0.15) is 0 Å². The van der Waals surface area contributed by atoms with E-state index in [0.717, 1.165) is 11.4 Å². The molecule has 0 atom stereocenters. The lowest BCUT2D eigenvalue weighted by Gasteiger charge is -2.02. The maximum absolute atomic E-state index is 12.0. The summed E-state index contributed by atoms with van der Waals surface area (Å²) in [4.78, 5) is 16.2. The van der Waals surface area contributed by atoms with E-state index in [9.17, 15) is 4.79 Å². The predicted octanol–water partition coefficient (Wildman–Crippen LogP) is -1.43. The molecule has 0 amide bonds. The minimum absolute atomic E-state index is 0. The fourth-order valence-corrected chi connectivity index (χ4v) is 1.58. The number of rotatable bonds is 4. The number of Topliss-reactive ketones (excluding diaryl/α,β-unsaturated/α-hetero) is 1. The molecular formula is C14H15BrN2O2. The molecule has 0 fully saturated rings. The van der Waals surface area contributed by atoms with E-state index < -0.39 is 0 Å². The van der Waals surface area contributed by atoms with Crippen molar-refractivity contribution in [2.24, 2.45) is 0 Å². The van der Waals surface area contributed by atoms with Crippen LogP contribution in [0.1, 0.15) is 16.1 Å². The van der Waals surface area contributed by atoms with Crippen LogP contribution in [0.2, 0.25) is 0 Å². The number of ether oxygens (including phenoxy) is 1. The second-order valence-corrected chi connectivity index (χ2v) is 4.03. The number of ketones is 1. The van der Waals surface area contributed by atoms with E-state index in [4.69, 9.17) is 4.74 Å². The third-order valence-electron chi connectivity index (χ3n) is 2.66. The molecule has 5 heteroatoms. The van der Waals surface area contributed by atoms with Crippen LogP contribution in [0.4, 0.5) is 0 Å². The molecule has 1 aromatic carbocycles. The molecule has 0 saturated heterocycles. The molecule has 2 rings (SSSR count). The van der Waals surface area contributed by atoms with Gasteiger partial charge in [0.25, 0.3) is 6.33 Å². The number of nitrogens with zero attached hydrogens (tertiary/aromatic N) is 2. The standard InChI is InChI=1S/C14H15N2O2.BrH/c1-11-7-8-16(10-15-11)9-14(17)12-3-5-13(18-2)6-4-12;/h3-8,10H,9H2,1-2H3;1H/q+1;/p-1. The molecule has 0 radical (unpaired) electrons. The highest BCUT2D eigenvalue weighted by atomic mass is 79.9. The molecule has 1 aromatic heterocycles. The zero-order valence-corrected chi connectivity index (χ0v) is 12.4. The van der Waals surface area contributed by atoms with Gasteiger partial charge in [0.05, 0.1) is 13.3 Å². The summed E-state index contributed by atoms with van der Waals surface area (Å²) in [6.45, 7) is 2.20. The Hall–Kier alpha value is -1.75. The zero-order valence-electron chi connectivity index (χ0n) is 10.8. The lowest BCUT2D eigenvalue weighted by molar-refractivity contribution is -0.686. The van der Waals surface area contributed by atoms with Crippen LogP contribution in [0.15, 0.2) is 42.9 Å². The number of aromatic nitrogens is 2. The van der Waals surface area contributed by atoms with Gasteiger partial charge >= 0.3 is 0 Å². The fourth-order valence-electron chi connectivity index (χ4n) is 1.58. The molecule has 0 N–H and O–H groups in total. The Balaban J connectivity index is 0.00000180. The first-order chi connectivity index (χ1) is 8.69. The first-order valence-electron chi connectivity index (χ1n) is 5.68. The molecule has 19 heavy (non-hydrogen) atoms. The number of hydrogen-bond donors (Lipinski definition) is 0. The lowest BCUT2D eigenvalue weighted by Crippen LogP contribution is -3.00. The molecule has 0 spiro atoms. The first kappa shape index (κ1) is 15.3. The van der Waals surface area contributed by atoms with E-state index in [0.29, 0.717) is 12.1 Å². The molecule has 0 aliphatic rings. The van der Waals surface area contributed by atoms with Gasteiger partial charge in [-0.3, -0.25) is 4.79 Å². The van der Waals surface area contributed by atoms with Gasteiger partial charge < -0.3 is 21.7 Å². The highest BCUT2D eigenvalue weighted by Crippen LogP contribution is 2.11. The molecule has 100 valence electrons. The van der Waals surface area contributed by atoms with E-state index in [-0.39, 0.29) is 22.8 Å². The van der Waals surface area contributed by atoms with Crippen molar-refractivity contribution >= 4 is 5.78 Å². The highest BCUT2D eigenvalue weighted by molar-refractivity contribution is 5.95. The van der Waals surface area contributed by atoms with Crippen LogP contribution in [0.5, 0.6) is 5.75 Å². The molecule has 0 aliphatic carbocycles. The van der Waals surface area contributed by atoms with Gasteiger partial charge in [0.1, 0.15) is 5.75 Å². The third-order valence-corrected chi connectivity index (χ3v) is 2.66. The Bertz CT molecular complexity index is 538. The summed E-state index contributed by atoms with van der Waals surface area (Å²) in [5.74, 6) is 0.796. The smallest absolute Gasteiger partial charge is 0.286 e. The average Bonchev–Trinajstić information content (AvgIpc) is 2.41. The monoisotopic (exact) mass is 322 g/mol. The molecule has 2 aromatic rings. The van der Waals surface area contributed by atoms with Crippen LogP contribution < -0.4 is 26.3 Å². The Morgan fingerprint density at radius 1 is 1.26 bits per heavy atom. The first-order valence-corrected chi connectivity index (χ1v) is 5.68. The normalized spacial score (nSPS) is 9.58. The van der Waals surface area contributed by atoms with Crippen molar-refractivity contribution in [3.8, 4) is 5.75 Å². The summed E-state index contributed by atoms with van der Waals surface area (Å²) in [6.07, 6.45) is 3.51. The maximum Gasteiger partial charge on any atom is 0.286 e. The van der Waals surface area contributed by atoms with Crippen molar-refractivity contribution in [1.82, 2.24) is 4.98 Å². The Labute approximate surface area is 122 Å². The minimum atomic E-state index is 0. The second-order valence-electron chi connectivity index (χ2n) is 4.03. The van der Waals surface area contributed by atoms with Crippen LogP contribution in [0.3, 0.4) is 0 Å². The fraction of sp³-hybridized carbons (Fsp3) is 0.214. The average molecular weight is 323 g/mol. The van der Waals surface area contributed by atoms with E-state index in [1.165, 1.54) is 0 Å². The van der Waals surface area contributed by atoms with Gasteiger partial charge in [-0.1, -0.05) is 4.98 Å². The van der Waals surface area contributed by atoms with E-state index >= 15 is 0 Å². The number of carbonyl (C=O) groups excluding carboxylic acids is 1. The number of halogens is 1. The molecule has 0 unspecified atom stereocenters. The summed E-state index contributed by atoms with van der Waals surface area (Å²) in [7, 11) is 1.60. The van der Waals surface area contributed by atoms with Gasteiger partial charge in [0, 0.05) is 18.6 Å². The lowest BCUT2D eigenvalue weighted by atomic mass is 10.1. The van der Waals surface area contributed by atoms with Crippen LogP contribution in [-0.2, 0) is 6.54 Å². The molecular weight excluding hydrogens is 308 g/mol. The summed E-state index contributed by atoms with van der Waals surface area (Å²) in [5, 5.41) is 0. The number of carbonyl (C=O) groups is 1. The zero-order chi connectivity index (χ0) is 13.0. The topological polar surface area (TPSA) is 43.1 Å². The molecule has 0 aliphatic heterocycles. The Morgan fingerprint density at radius 2 is 1.95 bits per heavy atom. The van der Waals surface area contributed by atoms with Crippen molar-refractivity contribution in [1.29, 1.82) is 0 Å². The second kappa shape index (κ2) is 6.99. The van der Waals surface area contributed by atoms with E-state index in [1.54, 1.807) is 42.3 Å². The summed E-state index contributed by atoms with van der Waals surface area (Å²) < 4.78 is 6.82. The SMILES string of the molecule is COc1ccc(C(=O)C[n+]2ccc(C)nc2)cc1.[Br-]. The van der Waals surface area contributed by atoms with Crippen molar-refractivity contribution in [3.05, 3.63) is 54.1 Å². The quantitative estimate of drug-likeness (QED) is 0.512. The van der Waals surface area contributed by atoms with Crippen LogP contribution in [0, 0.1) is 6.92 Å². The van der Waals surface area contributed by atoms with Crippen molar-refractivity contribution < 1.29 is 31.1 Å². The number of benzene rings is 1. The third kappa shape index (κ3) is 4.13. The number of aryl methyl sites for hydroxylation is 1. The maximum atomic E-state index is 12.0. The van der Waals surface area contributed by atoms with Crippen LogP contribution in [0.25, 0.3) is 0 Å². The van der Waals surface area contributed by atoms with Crippen molar-refractivity contribution in [2.45, 2.75) is 13.5 Å². The molecule has 1 heterocycles. The Morgan fingerprint density at radius 3 is 2.47 bits per heavy atom. The molecule has 0 bridgehead atoms. The van der Waals surface area contributed by atoms with E-state index in [2.05, 4.69) is 4.98 Å². The Kier molecular flexibility index (Phi) is 5.63. The van der Waals surface area contributed by atoms with Crippen LogP contribution in [-0.4, -0.2) is 17.9 Å². The van der Waals surface area contributed by atoms with Gasteiger partial charge in [0.2, 0.25) is 5.78 Å². The van der Waals surface area contributed by atoms with Crippen molar-refractivity contribution in [3.63, 3.8) is 0 Å². The molecule has 4 nitrogen and oxygen atoms in total. The van der Waals surface area contributed by atoms with Gasteiger partial charge in [0.15, 0.2) is 12.2 Å². The van der Waals surface area contributed by atoms with Crippen molar-refractivity contribution in [2.75, 3.05) is 7.11 Å². The summed E-state index contributed by atoms with van der Waals surface area (Å²) >= 11 is 0. The number of methoxy groups -OCH3 is 1. The van der Waals surface area contributed by atoms with Gasteiger partial charge in [-0.25, -0.2) is 4.57 Å². The summed E-state index contributed by atoms with van der Waals surface area (Å²) in [6, 6.07) is 8.98. The number of hydrogen-bond acceptors (Lipinski definition) is 3. The van der Waals surface area contributed by atoms with Gasteiger partial charge in [-0.15, -0.1) is 0 Å². The van der Waals surface area contributed by atoms with Crippen LogP contribution >= 0.6 is 0 Å². The largest absolute Gasteiger partial charge is 1.00 e. The highest BCUT2D eigenvalue weighted by Gasteiger charge is 2.10. The predicted molar refractivity (Wildman–Crippen MR) is 66.5 cm³/mol. The van der Waals surface area contributed by atoms with E-state index in [1.807, 2.05) is 19.2 Å². The molecule has 0 saturated carbocycles.